The van der Waals surface area contributed by atoms with E-state index in [-0.39, 0.29) is 0 Å². The second-order valence-electron chi connectivity index (χ2n) is 4.67. The summed E-state index contributed by atoms with van der Waals surface area (Å²) in [5.74, 6) is 1.82. The Kier molecular flexibility index (Phi) is 6.15. The molecule has 102 valence electrons. The third kappa shape index (κ3) is 3.86. The van der Waals surface area contributed by atoms with Gasteiger partial charge in [0.15, 0.2) is 0 Å². The number of allylic oxidation sites excluding steroid dienone is 4. The maximum atomic E-state index is 9.30. The first kappa shape index (κ1) is 15.3. The van der Waals surface area contributed by atoms with E-state index in [9.17, 15) is 5.26 Å². The lowest BCUT2D eigenvalue weighted by atomic mass is 10.0. The van der Waals surface area contributed by atoms with Crippen LogP contribution in [0.25, 0.3) is 11.1 Å². The number of nitrogens with zero attached hydrogens (tertiary/aromatic N) is 1. The molecule has 1 aromatic rings. The fourth-order valence-electron chi connectivity index (χ4n) is 1.96. The zero-order valence-electron chi connectivity index (χ0n) is 12.4. The van der Waals surface area contributed by atoms with Gasteiger partial charge in [-0.1, -0.05) is 32.4 Å². The van der Waals surface area contributed by atoms with Crippen molar-refractivity contribution in [2.24, 2.45) is 0 Å². The van der Waals surface area contributed by atoms with Crippen LogP contribution in [0.5, 0.6) is 0 Å². The molecule has 0 aliphatic rings. The van der Waals surface area contributed by atoms with Gasteiger partial charge in [0, 0.05) is 12.0 Å². The first-order valence-corrected chi connectivity index (χ1v) is 7.04. The van der Waals surface area contributed by atoms with Crippen LogP contribution in [0.2, 0.25) is 0 Å². The van der Waals surface area contributed by atoms with Crippen molar-refractivity contribution < 1.29 is 4.42 Å². The van der Waals surface area contributed by atoms with Gasteiger partial charge in [-0.3, -0.25) is 0 Å². The van der Waals surface area contributed by atoms with Crippen molar-refractivity contribution >= 4 is 11.1 Å². The number of nitriles is 1. The molecule has 0 amide bonds. The molecule has 2 heteroatoms. The average Bonchev–Trinajstić information content (AvgIpc) is 2.85. The number of hydrogen-bond donors (Lipinski definition) is 0. The summed E-state index contributed by atoms with van der Waals surface area (Å²) in [7, 11) is 0. The van der Waals surface area contributed by atoms with Gasteiger partial charge in [0.25, 0.3) is 0 Å². The molecule has 1 aromatic heterocycles. The molecule has 0 aromatic carbocycles. The van der Waals surface area contributed by atoms with Crippen LogP contribution in [0.3, 0.4) is 0 Å². The number of aryl methyl sites for hydroxylation is 1. The lowest BCUT2D eigenvalue weighted by Gasteiger charge is -2.00. The van der Waals surface area contributed by atoms with Crippen molar-refractivity contribution in [1.29, 1.82) is 5.26 Å². The van der Waals surface area contributed by atoms with Gasteiger partial charge in [-0.05, 0) is 38.3 Å². The van der Waals surface area contributed by atoms with Gasteiger partial charge in [0.05, 0.1) is 11.6 Å². The standard InChI is InChI=1S/C17H23NO/c1-5-8-10-15-11-16(14(12-18)9-6-2)17(19-15)13(4)7-3/h7,9,11H,5-6,8,10H2,1-4H3/b13-7-,14-9+. The fourth-order valence-corrected chi connectivity index (χ4v) is 1.96. The Morgan fingerprint density at radius 1 is 1.42 bits per heavy atom. The highest BCUT2D eigenvalue weighted by Gasteiger charge is 2.15. The zero-order valence-corrected chi connectivity index (χ0v) is 12.4. The second kappa shape index (κ2) is 7.63. The van der Waals surface area contributed by atoms with E-state index in [1.165, 1.54) is 0 Å². The van der Waals surface area contributed by atoms with Crippen molar-refractivity contribution in [2.75, 3.05) is 0 Å². The third-order valence-electron chi connectivity index (χ3n) is 3.17. The number of unbranched alkanes of at least 4 members (excludes halogenated alkanes) is 1. The van der Waals surface area contributed by atoms with E-state index in [1.54, 1.807) is 0 Å². The van der Waals surface area contributed by atoms with Gasteiger partial charge in [-0.25, -0.2) is 0 Å². The first-order chi connectivity index (χ1) is 9.17. The van der Waals surface area contributed by atoms with E-state index >= 15 is 0 Å². The van der Waals surface area contributed by atoms with Gasteiger partial charge in [0.2, 0.25) is 0 Å². The largest absolute Gasteiger partial charge is 0.461 e. The third-order valence-corrected chi connectivity index (χ3v) is 3.17. The van der Waals surface area contributed by atoms with Crippen molar-refractivity contribution in [2.45, 2.75) is 53.4 Å². The number of furan rings is 1. The van der Waals surface area contributed by atoms with Crippen LogP contribution in [0.1, 0.15) is 64.0 Å². The molecule has 0 spiro atoms. The van der Waals surface area contributed by atoms with Crippen LogP contribution in [0, 0.1) is 11.3 Å². The molecule has 0 bridgehead atoms. The van der Waals surface area contributed by atoms with Gasteiger partial charge in [-0.15, -0.1) is 0 Å². The summed E-state index contributed by atoms with van der Waals surface area (Å²) in [6.07, 6.45) is 8.02. The Balaban J connectivity index is 3.24. The first-order valence-electron chi connectivity index (χ1n) is 7.04. The summed E-state index contributed by atoms with van der Waals surface area (Å²) in [5.41, 5.74) is 2.73. The van der Waals surface area contributed by atoms with Crippen LogP contribution in [0.4, 0.5) is 0 Å². The van der Waals surface area contributed by atoms with Crippen LogP contribution >= 0.6 is 0 Å². The molecule has 2 nitrogen and oxygen atoms in total. The highest BCUT2D eigenvalue weighted by atomic mass is 16.3. The topological polar surface area (TPSA) is 36.9 Å². The van der Waals surface area contributed by atoms with Crippen LogP contribution in [0.15, 0.2) is 22.6 Å². The van der Waals surface area contributed by atoms with E-state index < -0.39 is 0 Å². The monoisotopic (exact) mass is 257 g/mol. The summed E-state index contributed by atoms with van der Waals surface area (Å²) in [6, 6.07) is 4.31. The maximum absolute atomic E-state index is 9.30. The Morgan fingerprint density at radius 3 is 2.68 bits per heavy atom. The van der Waals surface area contributed by atoms with Crippen molar-refractivity contribution in [1.82, 2.24) is 0 Å². The highest BCUT2D eigenvalue weighted by Crippen LogP contribution is 2.29. The molecule has 19 heavy (non-hydrogen) atoms. The van der Waals surface area contributed by atoms with E-state index in [4.69, 9.17) is 4.42 Å². The molecule has 1 heterocycles. The lowest BCUT2D eigenvalue weighted by Crippen LogP contribution is -1.85. The molecular formula is C17H23NO. The summed E-state index contributed by atoms with van der Waals surface area (Å²) >= 11 is 0. The minimum atomic E-state index is 0.713. The van der Waals surface area contributed by atoms with Gasteiger partial charge in [0.1, 0.15) is 11.5 Å². The number of rotatable bonds is 6. The molecule has 0 aliphatic heterocycles. The normalized spacial score (nSPS) is 12.6. The van der Waals surface area contributed by atoms with Crippen molar-refractivity contribution in [3.05, 3.63) is 35.3 Å². The molecule has 0 fully saturated rings. The van der Waals surface area contributed by atoms with E-state index in [2.05, 4.69) is 13.0 Å². The summed E-state index contributed by atoms with van der Waals surface area (Å²) in [5, 5.41) is 9.30. The predicted molar refractivity (Wildman–Crippen MR) is 80.5 cm³/mol. The Hall–Kier alpha value is -1.75. The molecule has 1 rings (SSSR count). The average molecular weight is 257 g/mol. The quantitative estimate of drug-likeness (QED) is 0.643. The molecular weight excluding hydrogens is 234 g/mol. The molecule has 0 saturated carbocycles. The minimum Gasteiger partial charge on any atom is -0.461 e. The van der Waals surface area contributed by atoms with Crippen LogP contribution in [-0.4, -0.2) is 0 Å². The summed E-state index contributed by atoms with van der Waals surface area (Å²) in [4.78, 5) is 0. The smallest absolute Gasteiger partial charge is 0.138 e. The van der Waals surface area contributed by atoms with Gasteiger partial charge >= 0.3 is 0 Å². The van der Waals surface area contributed by atoms with E-state index in [0.717, 1.165) is 48.3 Å². The highest BCUT2D eigenvalue weighted by molar-refractivity contribution is 5.83. The molecule has 0 atom stereocenters. The SMILES string of the molecule is C/C=C(/C)c1oc(CCCC)cc1/C(C#N)=C/CC. The number of hydrogen-bond acceptors (Lipinski definition) is 2. The molecule has 0 aliphatic carbocycles. The zero-order chi connectivity index (χ0) is 14.3. The second-order valence-corrected chi connectivity index (χ2v) is 4.67. The Morgan fingerprint density at radius 2 is 2.16 bits per heavy atom. The fraction of sp³-hybridized carbons (Fsp3) is 0.471. The Labute approximate surface area is 116 Å². The van der Waals surface area contributed by atoms with Crippen molar-refractivity contribution in [3.63, 3.8) is 0 Å². The molecule has 0 N–H and O–H groups in total. The summed E-state index contributed by atoms with van der Waals surface area (Å²) in [6.45, 7) is 8.22. The van der Waals surface area contributed by atoms with Crippen molar-refractivity contribution in [3.8, 4) is 6.07 Å². The van der Waals surface area contributed by atoms with Gasteiger partial charge < -0.3 is 4.42 Å². The minimum absolute atomic E-state index is 0.713. The van der Waals surface area contributed by atoms with Crippen LogP contribution in [-0.2, 0) is 6.42 Å². The summed E-state index contributed by atoms with van der Waals surface area (Å²) < 4.78 is 5.94. The van der Waals surface area contributed by atoms with E-state index in [0.29, 0.717) is 5.57 Å². The van der Waals surface area contributed by atoms with Crippen LogP contribution < -0.4 is 0 Å². The van der Waals surface area contributed by atoms with E-state index in [1.807, 2.05) is 39.0 Å². The lowest BCUT2D eigenvalue weighted by molar-refractivity contribution is 0.489. The molecule has 0 saturated heterocycles. The Bertz CT molecular complexity index is 512. The van der Waals surface area contributed by atoms with Gasteiger partial charge in [-0.2, -0.15) is 5.26 Å². The predicted octanol–water partition coefficient (Wildman–Crippen LogP) is 5.36. The maximum Gasteiger partial charge on any atom is 0.138 e. The molecule has 0 unspecified atom stereocenters. The molecule has 0 radical (unpaired) electrons.